The number of benzene rings is 2. The van der Waals surface area contributed by atoms with Crippen LogP contribution < -0.4 is 28.7 Å². The first kappa shape index (κ1) is 61.8. The molecule has 5 saturated heterocycles. The van der Waals surface area contributed by atoms with Gasteiger partial charge in [0.25, 0.3) is 0 Å². The lowest BCUT2D eigenvalue weighted by Crippen LogP contribution is -2.50. The molecule has 0 radical (unpaired) electrons. The number of carbonyl (C=O) groups is 1. The molecule has 1 amide bonds. The maximum atomic E-state index is 15.9. The van der Waals surface area contributed by atoms with Gasteiger partial charge in [0.05, 0.1) is 45.0 Å². The summed E-state index contributed by atoms with van der Waals surface area (Å²) in [5, 5.41) is 13.0. The Kier molecular flexibility index (Phi) is 18.0. The second kappa shape index (κ2) is 25.8. The number of fused-ring (bicyclic) bond motifs is 4. The van der Waals surface area contributed by atoms with Gasteiger partial charge in [0, 0.05) is 83.5 Å². The number of piperazine rings is 1. The summed E-state index contributed by atoms with van der Waals surface area (Å²) < 4.78 is 98.8. The normalized spacial score (nSPS) is 21.5. The van der Waals surface area contributed by atoms with Crippen molar-refractivity contribution in [2.24, 2.45) is 0 Å². The smallest absolute Gasteiger partial charge is 0.410 e. The zero-order valence-corrected chi connectivity index (χ0v) is 51.9. The van der Waals surface area contributed by atoms with E-state index in [1.165, 1.54) is 18.3 Å². The number of pyridine rings is 2. The van der Waals surface area contributed by atoms with E-state index in [9.17, 15) is 9.18 Å². The predicted octanol–water partition coefficient (Wildman–Crippen LogP) is 11.8. The summed E-state index contributed by atoms with van der Waals surface area (Å²) in [5.74, 6) is 0.0506. The fraction of sp³-hybridized carbons (Fsp3) is 0.525. The van der Waals surface area contributed by atoms with Crippen LogP contribution in [0.1, 0.15) is 91.2 Å². The highest BCUT2D eigenvalue weighted by Crippen LogP contribution is 2.44. The molecule has 2 aromatic carbocycles. The van der Waals surface area contributed by atoms with Crippen molar-refractivity contribution >= 4 is 84.5 Å². The first-order valence-electron chi connectivity index (χ1n) is 30.2. The first-order chi connectivity index (χ1) is 42.8. The van der Waals surface area contributed by atoms with Crippen LogP contribution in [0.5, 0.6) is 35.3 Å². The van der Waals surface area contributed by atoms with Crippen LogP contribution in [0.15, 0.2) is 49.1 Å². The van der Waals surface area contributed by atoms with E-state index in [2.05, 4.69) is 40.1 Å². The number of alkyl halides is 2. The summed E-state index contributed by atoms with van der Waals surface area (Å²) in [6.07, 6.45) is 13.6. The van der Waals surface area contributed by atoms with Crippen molar-refractivity contribution in [1.82, 2.24) is 64.6 Å². The molecule has 0 spiro atoms. The Labute approximate surface area is 521 Å². The molecular formula is C61H71Cl2F4N15O7. The molecule has 3 atom stereocenters. The minimum atomic E-state index is -1.58. The molecule has 22 nitrogen and oxygen atoms in total. The average Bonchev–Trinajstić information content (AvgIpc) is 1.93. The van der Waals surface area contributed by atoms with E-state index in [0.29, 0.717) is 102 Å². The Morgan fingerprint density at radius 3 is 1.80 bits per heavy atom. The van der Waals surface area contributed by atoms with Crippen molar-refractivity contribution in [1.29, 1.82) is 0 Å². The number of hydrogen-bond acceptors (Lipinski definition) is 19. The zero-order valence-electron chi connectivity index (χ0n) is 50.3. The number of ether oxygens (including phenoxy) is 6. The van der Waals surface area contributed by atoms with Crippen LogP contribution >= 0.6 is 23.2 Å². The van der Waals surface area contributed by atoms with Crippen LogP contribution in [0.3, 0.4) is 0 Å². The van der Waals surface area contributed by atoms with Gasteiger partial charge in [-0.25, -0.2) is 37.0 Å². The van der Waals surface area contributed by atoms with Crippen molar-refractivity contribution < 1.29 is 50.8 Å². The molecule has 1 unspecified atom stereocenters. The summed E-state index contributed by atoms with van der Waals surface area (Å²) in [7, 11) is 3.78. The van der Waals surface area contributed by atoms with Crippen molar-refractivity contribution in [2.75, 3.05) is 109 Å². The maximum Gasteiger partial charge on any atom is 0.410 e. The van der Waals surface area contributed by atoms with E-state index >= 15 is 13.2 Å². The molecule has 13 rings (SSSR count). The Bertz CT molecular complexity index is 3880. The van der Waals surface area contributed by atoms with Gasteiger partial charge in [-0.2, -0.15) is 30.1 Å². The fourth-order valence-electron chi connectivity index (χ4n) is 12.2. The molecule has 0 bridgehead atoms. The number of amides is 1. The molecule has 1 N–H and O–H groups in total. The van der Waals surface area contributed by atoms with E-state index in [4.69, 9.17) is 61.6 Å². The molecular weight excluding hydrogens is 1200 g/mol. The van der Waals surface area contributed by atoms with Crippen molar-refractivity contribution in [3.05, 3.63) is 70.7 Å². The van der Waals surface area contributed by atoms with Gasteiger partial charge in [0.2, 0.25) is 11.8 Å². The number of aromatic amines is 1. The van der Waals surface area contributed by atoms with Gasteiger partial charge in [-0.05, 0) is 124 Å². The maximum absolute atomic E-state index is 15.9. The molecule has 5 aliphatic heterocycles. The van der Waals surface area contributed by atoms with Crippen LogP contribution in [-0.4, -0.2) is 187 Å². The van der Waals surface area contributed by atoms with E-state index in [0.717, 1.165) is 71.1 Å². The van der Waals surface area contributed by atoms with Crippen molar-refractivity contribution in [3.63, 3.8) is 0 Å². The van der Waals surface area contributed by atoms with Gasteiger partial charge < -0.3 is 52.9 Å². The van der Waals surface area contributed by atoms with Gasteiger partial charge in [-0.15, -0.1) is 0 Å². The van der Waals surface area contributed by atoms with Crippen LogP contribution in [0.2, 0.25) is 10.0 Å². The number of nitrogens with zero attached hydrogens (tertiary/aromatic N) is 14. The zero-order chi connectivity index (χ0) is 62.2. The lowest BCUT2D eigenvalue weighted by molar-refractivity contribution is -0.0367. The van der Waals surface area contributed by atoms with Gasteiger partial charge >= 0.3 is 18.1 Å². The Hall–Kier alpha value is -7.39. The van der Waals surface area contributed by atoms with Crippen molar-refractivity contribution in [3.8, 4) is 35.3 Å². The molecule has 0 saturated carbocycles. The summed E-state index contributed by atoms with van der Waals surface area (Å²) in [6, 6.07) is 6.11. The third-order valence-electron chi connectivity index (χ3n) is 16.5. The number of aromatic nitrogens is 10. The molecule has 8 aromatic rings. The quantitative estimate of drug-likeness (QED) is 0.106. The summed E-state index contributed by atoms with van der Waals surface area (Å²) in [5.41, 5.74) is -2.17. The van der Waals surface area contributed by atoms with Gasteiger partial charge in [-0.3, -0.25) is 5.10 Å². The number of likely N-dealkylation sites (tertiary alicyclic amines) is 2. The Balaban J connectivity index is 0.000000180. The van der Waals surface area contributed by atoms with E-state index < -0.39 is 28.6 Å². The van der Waals surface area contributed by atoms with Crippen molar-refractivity contribution in [2.45, 2.75) is 108 Å². The molecule has 474 valence electrons. The lowest BCUT2D eigenvalue weighted by Gasteiger charge is -2.36. The monoisotopic (exact) mass is 1270 g/mol. The van der Waals surface area contributed by atoms with Gasteiger partial charge in [0.15, 0.2) is 29.1 Å². The minimum absolute atomic E-state index is 0.0234. The number of H-pyrrole nitrogens is 1. The number of nitrogens with one attached hydrogen (secondary N) is 1. The predicted molar refractivity (Wildman–Crippen MR) is 328 cm³/mol. The van der Waals surface area contributed by atoms with Crippen LogP contribution in [0.25, 0.3) is 43.6 Å². The molecule has 6 aromatic heterocycles. The molecule has 5 fully saturated rings. The second-order valence-corrected chi connectivity index (χ2v) is 25.4. The lowest BCUT2D eigenvalue weighted by atomic mass is 9.96. The number of piperidine rings is 3. The molecule has 0 aliphatic carbocycles. The van der Waals surface area contributed by atoms with Gasteiger partial charge in [-0.1, -0.05) is 23.2 Å². The topological polar surface area (TPSA) is 212 Å². The molecule has 5 aliphatic rings. The number of hydrogen-bond donors (Lipinski definition) is 1. The number of anilines is 2. The third-order valence-corrected chi connectivity index (χ3v) is 17.2. The highest BCUT2D eigenvalue weighted by molar-refractivity contribution is 6.34. The third kappa shape index (κ3) is 13.7. The average molecular weight is 1270 g/mol. The first-order valence-corrected chi connectivity index (χ1v) is 31.0. The number of rotatable bonds is 13. The SMILES string of the molecule is CN1CCC[C@@](F)(COc2nc(N3CCCCC3)c3ccnc(Oc4c(Cl)c(F)cc5[nH]ncc45)c3n2)C1.CN1CCC[C@@](F)(COc2nc(N3CCN(C(=O)OC(C)(C)C)CC3)c3ccnc(Oc4c(Cl)c(F)cc5c4cnn5C4CCCCO4)c3n2)C1. The molecule has 89 heavy (non-hydrogen) atoms. The van der Waals surface area contributed by atoms with E-state index in [-0.39, 0.29) is 89.5 Å². The summed E-state index contributed by atoms with van der Waals surface area (Å²) >= 11 is 12.8. The second-order valence-electron chi connectivity index (χ2n) is 24.6. The van der Waals surface area contributed by atoms with Crippen LogP contribution in [0, 0.1) is 11.6 Å². The minimum Gasteiger partial charge on any atom is -0.460 e. The van der Waals surface area contributed by atoms with Crippen LogP contribution in [0.4, 0.5) is 34.0 Å². The van der Waals surface area contributed by atoms with Crippen LogP contribution in [-0.2, 0) is 9.47 Å². The molecule has 11 heterocycles. The highest BCUT2D eigenvalue weighted by atomic mass is 35.5. The van der Waals surface area contributed by atoms with E-state index in [1.807, 2.05) is 55.6 Å². The highest BCUT2D eigenvalue weighted by Gasteiger charge is 2.38. The standard InChI is InChI=1S/C35H43ClF2N8O5.C26H28ClF2N7O2/c1-34(2,3)51-33(47)45-15-13-44(14-16-45)30-22-9-11-39-31(28(22)41-32(42-30)49-21-35(38)10-7-12-43(4)20-35)50-29-23-19-40-46(26-8-5-6-17-48-26)25(23)18-24(37)27(29)36;1-35-9-5-7-26(29,14-35)15-37-25-32-21-16(23(33-25)36-10-3-2-4-11-36)6-8-30-24(21)38-22-17-13-31-34-19(17)12-18(28)20(22)27/h9,11,18-19,26H,5-8,10,12-17,20-21H2,1-4H3;6,8,12-13H,2-5,7,9-11,14-15H2,1H3,(H,31,34)/t26?,35-;26-/m00/s1. The summed E-state index contributed by atoms with van der Waals surface area (Å²) in [4.78, 5) is 50.1. The Morgan fingerprint density at radius 2 is 1.25 bits per heavy atom. The fourth-order valence-corrected chi connectivity index (χ4v) is 12.6. The number of halogens is 6. The number of carbonyl (C=O) groups excluding carboxylic acids is 1. The van der Waals surface area contributed by atoms with E-state index in [1.54, 1.807) is 34.2 Å². The Morgan fingerprint density at radius 1 is 0.685 bits per heavy atom. The largest absolute Gasteiger partial charge is 0.460 e. The summed E-state index contributed by atoms with van der Waals surface area (Å²) in [6.45, 7) is 11.1. The van der Waals surface area contributed by atoms with Gasteiger partial charge in [0.1, 0.15) is 63.2 Å². The molecule has 28 heteroatoms.